The van der Waals surface area contributed by atoms with Crippen molar-refractivity contribution in [3.8, 4) is 11.5 Å². The van der Waals surface area contributed by atoms with E-state index in [2.05, 4.69) is 19.9 Å². The van der Waals surface area contributed by atoms with E-state index in [1.54, 1.807) is 19.1 Å². The Morgan fingerprint density at radius 1 is 1.14 bits per heavy atom. The summed E-state index contributed by atoms with van der Waals surface area (Å²) in [5, 5.41) is 9.38. The first-order chi connectivity index (χ1) is 16.8. The van der Waals surface area contributed by atoms with E-state index >= 15 is 0 Å². The van der Waals surface area contributed by atoms with Gasteiger partial charge in [-0.1, -0.05) is 12.1 Å². The fourth-order valence-electron chi connectivity index (χ4n) is 3.03. The zero-order valence-corrected chi connectivity index (χ0v) is 20.0. The Labute approximate surface area is 206 Å². The van der Waals surface area contributed by atoms with Crippen molar-refractivity contribution in [1.82, 2.24) is 10.5 Å². The molecule has 0 aliphatic heterocycles. The van der Waals surface area contributed by atoms with Gasteiger partial charge in [-0.05, 0) is 49.6 Å². The van der Waals surface area contributed by atoms with Crippen molar-refractivity contribution in [2.24, 2.45) is 0 Å². The number of thiazole rings is 1. The molecule has 6 nitrogen and oxygen atoms in total. The van der Waals surface area contributed by atoms with Gasteiger partial charge in [0.25, 0.3) is 0 Å². The number of alkyl halides is 7. The lowest BCUT2D eigenvalue weighted by atomic mass is 9.90. The summed E-state index contributed by atoms with van der Waals surface area (Å²) in [6, 6.07) is 3.34. The Balaban J connectivity index is 2.59. The second kappa shape index (κ2) is 12.4. The second-order valence-corrected chi connectivity index (χ2v) is 8.44. The highest BCUT2D eigenvalue weighted by Crippen LogP contribution is 2.44. The Morgan fingerprint density at radius 3 is 2.33 bits per heavy atom. The molecule has 2 unspecified atom stereocenters. The zero-order chi connectivity index (χ0) is 27.1. The third-order valence-corrected chi connectivity index (χ3v) is 6.25. The van der Waals surface area contributed by atoms with E-state index in [4.69, 9.17) is 4.84 Å². The summed E-state index contributed by atoms with van der Waals surface area (Å²) >= 11 is 0.572. The van der Waals surface area contributed by atoms with Gasteiger partial charge in [-0.2, -0.15) is 30.7 Å². The highest BCUT2D eigenvalue weighted by molar-refractivity contribution is 7.11. The van der Waals surface area contributed by atoms with Gasteiger partial charge in [-0.25, -0.2) is 4.98 Å². The van der Waals surface area contributed by atoms with Gasteiger partial charge in [-0.3, -0.25) is 10.3 Å². The van der Waals surface area contributed by atoms with E-state index in [0.717, 1.165) is 18.3 Å². The van der Waals surface area contributed by atoms with Gasteiger partial charge in [0.15, 0.2) is 11.5 Å². The maximum absolute atomic E-state index is 13.3. The van der Waals surface area contributed by atoms with Crippen LogP contribution in [0.4, 0.5) is 30.7 Å². The van der Waals surface area contributed by atoms with Crippen molar-refractivity contribution >= 4 is 11.3 Å². The largest absolute Gasteiger partial charge is 0.431 e. The van der Waals surface area contributed by atoms with Crippen LogP contribution >= 0.6 is 11.3 Å². The quantitative estimate of drug-likeness (QED) is 0.187. The number of nitrogens with zero attached hydrogens (tertiary/aromatic N) is 1. The molecule has 0 aliphatic carbocycles. The molecule has 0 bridgehead atoms. The molecule has 14 heteroatoms. The minimum Gasteiger partial charge on any atom is -0.431 e. The molecule has 2 aromatic rings. The van der Waals surface area contributed by atoms with Gasteiger partial charge < -0.3 is 14.6 Å². The number of benzene rings is 1. The molecule has 0 radical (unpaired) electrons. The number of hydrogen-bond acceptors (Lipinski definition) is 7. The van der Waals surface area contributed by atoms with Gasteiger partial charge in [0, 0.05) is 23.2 Å². The maximum Gasteiger partial charge on any atom is 0.423 e. The van der Waals surface area contributed by atoms with Gasteiger partial charge in [0.2, 0.25) is 5.60 Å². The molecule has 0 aliphatic rings. The average molecular weight is 544 g/mol. The van der Waals surface area contributed by atoms with Crippen LogP contribution in [0.2, 0.25) is 0 Å². The van der Waals surface area contributed by atoms with Crippen LogP contribution in [-0.4, -0.2) is 36.6 Å². The van der Waals surface area contributed by atoms with Crippen LogP contribution in [0.1, 0.15) is 41.6 Å². The van der Waals surface area contributed by atoms with E-state index in [1.165, 1.54) is 19.4 Å². The molecule has 0 spiro atoms. The van der Waals surface area contributed by atoms with E-state index in [1.807, 2.05) is 0 Å². The highest BCUT2D eigenvalue weighted by atomic mass is 32.1. The van der Waals surface area contributed by atoms with Crippen molar-refractivity contribution in [2.45, 2.75) is 51.2 Å². The lowest BCUT2D eigenvalue weighted by Crippen LogP contribution is -2.39. The van der Waals surface area contributed by atoms with Crippen molar-refractivity contribution in [2.75, 3.05) is 7.11 Å². The summed E-state index contributed by atoms with van der Waals surface area (Å²) in [5.41, 5.74) is 0.134. The normalized spacial score (nSPS) is 15.4. The number of aromatic nitrogens is 1. The van der Waals surface area contributed by atoms with Crippen LogP contribution in [0, 0.1) is 0 Å². The summed E-state index contributed by atoms with van der Waals surface area (Å²) in [4.78, 5) is 8.70. The van der Waals surface area contributed by atoms with E-state index < -0.39 is 47.4 Å². The van der Waals surface area contributed by atoms with Gasteiger partial charge in [0.1, 0.15) is 5.01 Å². The first-order valence-electron chi connectivity index (χ1n) is 10.2. The minimum absolute atomic E-state index is 0.122. The molecule has 0 fully saturated rings. The third-order valence-electron chi connectivity index (χ3n) is 4.93. The highest BCUT2D eigenvalue weighted by Gasteiger charge is 2.53. The van der Waals surface area contributed by atoms with E-state index in [9.17, 15) is 35.8 Å². The lowest BCUT2D eigenvalue weighted by Gasteiger charge is -2.23. The Hall–Kier alpha value is -2.84. The van der Waals surface area contributed by atoms with Crippen molar-refractivity contribution in [3.63, 3.8) is 0 Å². The monoisotopic (exact) mass is 544 g/mol. The topological polar surface area (TPSA) is 72.8 Å². The number of aliphatic hydroxyl groups is 1. The number of halogens is 7. The van der Waals surface area contributed by atoms with Gasteiger partial charge in [0.05, 0.1) is 7.11 Å². The van der Waals surface area contributed by atoms with Gasteiger partial charge >= 0.3 is 19.4 Å². The molecule has 200 valence electrons. The predicted octanol–water partition coefficient (Wildman–Crippen LogP) is 6.25. The first kappa shape index (κ1) is 29.4. The number of allylic oxidation sites excluding steroid dienone is 3. The molecule has 2 rings (SSSR count). The Bertz CT molecular complexity index is 1060. The smallest absolute Gasteiger partial charge is 0.423 e. The third kappa shape index (κ3) is 7.58. The SMILES string of the molecule is C/C=C(\C=C/NOC)CC(c1ccc(OC(F)F)c(OC(F)F)c1)c1cnc(C(C)(O)C(F)(F)F)s1. The van der Waals surface area contributed by atoms with Crippen molar-refractivity contribution < 1.29 is 50.2 Å². The summed E-state index contributed by atoms with van der Waals surface area (Å²) in [5.74, 6) is -2.12. The predicted molar refractivity (Wildman–Crippen MR) is 117 cm³/mol. The van der Waals surface area contributed by atoms with Crippen LogP contribution < -0.4 is 15.0 Å². The standard InChI is InChI=1S/C22H23F7N2O4S/c1-4-12(7-8-31-33-3)9-14(17-11-30-18(36-17)21(2,32)22(27,28)29)13-5-6-15(34-19(23)24)16(10-13)35-20(25)26/h4-8,10-11,14,19-20,31-32H,9H2,1-3H3/b8-7-,12-4+. The fourth-order valence-corrected chi connectivity index (χ4v) is 4.14. The van der Waals surface area contributed by atoms with Crippen molar-refractivity contribution in [3.05, 3.63) is 63.8 Å². The van der Waals surface area contributed by atoms with Gasteiger partial charge in [-0.15, -0.1) is 11.3 Å². The van der Waals surface area contributed by atoms with Crippen molar-refractivity contribution in [1.29, 1.82) is 0 Å². The number of nitrogens with one attached hydrogen (secondary N) is 1. The molecular weight excluding hydrogens is 521 g/mol. The molecule has 1 heterocycles. The molecule has 0 amide bonds. The number of rotatable bonds is 12. The minimum atomic E-state index is -5.01. The number of hydrogen-bond donors (Lipinski definition) is 2. The summed E-state index contributed by atoms with van der Waals surface area (Å²) in [6.07, 6.45) is 0.996. The average Bonchev–Trinajstić information content (AvgIpc) is 3.27. The summed E-state index contributed by atoms with van der Waals surface area (Å²) in [7, 11) is 1.38. The first-order valence-corrected chi connectivity index (χ1v) is 11.0. The molecule has 1 aromatic carbocycles. The molecule has 1 aromatic heterocycles. The van der Waals surface area contributed by atoms with E-state index in [0.29, 0.717) is 23.8 Å². The van der Waals surface area contributed by atoms with Crippen LogP contribution in [0.15, 0.2) is 48.3 Å². The van der Waals surface area contributed by atoms with Crippen LogP contribution in [0.3, 0.4) is 0 Å². The zero-order valence-electron chi connectivity index (χ0n) is 19.2. The summed E-state index contributed by atoms with van der Waals surface area (Å²) in [6.45, 7) is -4.41. The molecule has 0 saturated heterocycles. The number of hydroxylamine groups is 1. The molecule has 2 N–H and O–H groups in total. The molecular formula is C22H23F7N2O4S. The number of ether oxygens (including phenoxy) is 2. The second-order valence-electron chi connectivity index (χ2n) is 7.38. The Kier molecular flexibility index (Phi) is 10.1. The van der Waals surface area contributed by atoms with Crippen LogP contribution in [0.25, 0.3) is 0 Å². The fraction of sp³-hybridized carbons (Fsp3) is 0.409. The van der Waals surface area contributed by atoms with Crippen LogP contribution in [-0.2, 0) is 10.4 Å². The maximum atomic E-state index is 13.3. The molecule has 36 heavy (non-hydrogen) atoms. The lowest BCUT2D eigenvalue weighted by molar-refractivity contribution is -0.258. The summed E-state index contributed by atoms with van der Waals surface area (Å²) < 4.78 is 99.9. The van der Waals surface area contributed by atoms with Crippen LogP contribution in [0.5, 0.6) is 11.5 Å². The Morgan fingerprint density at radius 2 is 1.78 bits per heavy atom. The molecule has 0 saturated carbocycles. The van der Waals surface area contributed by atoms with E-state index in [-0.39, 0.29) is 16.9 Å². The molecule has 2 atom stereocenters.